The molecule has 2 nitrogen and oxygen atoms in total. The Morgan fingerprint density at radius 3 is 2.27 bits per heavy atom. The maximum Gasteiger partial charge on any atom is 0.302 e. The first kappa shape index (κ1) is 25.6. The molecule has 4 aliphatic carbocycles. The van der Waals surface area contributed by atoms with Gasteiger partial charge >= 0.3 is 5.97 Å². The van der Waals surface area contributed by atoms with E-state index in [0.717, 1.165) is 60.2 Å². The van der Waals surface area contributed by atoms with E-state index in [9.17, 15) is 4.79 Å². The average molecular weight is 459 g/mol. The van der Waals surface area contributed by atoms with Gasteiger partial charge in [0.2, 0.25) is 0 Å². The molecule has 0 heterocycles. The minimum absolute atomic E-state index is 0.0875. The fourth-order valence-corrected chi connectivity index (χ4v) is 10.2. The second-order valence-corrected chi connectivity index (χ2v) is 13.9. The van der Waals surface area contributed by atoms with E-state index in [4.69, 9.17) is 4.74 Å². The molecule has 4 saturated carbocycles. The Labute approximate surface area is 205 Å². The Kier molecular flexibility index (Phi) is 7.63. The lowest BCUT2D eigenvalue weighted by atomic mass is 9.44. The van der Waals surface area contributed by atoms with Crippen LogP contribution in [-0.4, -0.2) is 12.1 Å². The molecule has 0 aromatic carbocycles. The summed E-state index contributed by atoms with van der Waals surface area (Å²) in [7, 11) is 0. The minimum Gasteiger partial charge on any atom is -0.463 e. The monoisotopic (exact) mass is 458 g/mol. The molecule has 190 valence electrons. The van der Waals surface area contributed by atoms with E-state index in [-0.39, 0.29) is 12.1 Å². The first-order chi connectivity index (χ1) is 15.6. The van der Waals surface area contributed by atoms with Crippen molar-refractivity contribution in [3.05, 3.63) is 0 Å². The zero-order valence-electron chi connectivity index (χ0n) is 23.0. The summed E-state index contributed by atoms with van der Waals surface area (Å²) < 4.78 is 5.67. The highest BCUT2D eigenvalue weighted by atomic mass is 16.5. The van der Waals surface area contributed by atoms with Gasteiger partial charge in [0, 0.05) is 6.92 Å². The van der Waals surface area contributed by atoms with Crippen molar-refractivity contribution in [2.75, 3.05) is 0 Å². The van der Waals surface area contributed by atoms with E-state index < -0.39 is 0 Å². The van der Waals surface area contributed by atoms with E-state index in [1.54, 1.807) is 6.92 Å². The maximum atomic E-state index is 11.5. The molecule has 0 bridgehead atoms. The number of rotatable bonds is 7. The molecule has 33 heavy (non-hydrogen) atoms. The zero-order valence-corrected chi connectivity index (χ0v) is 23.0. The first-order valence-electron chi connectivity index (χ1n) is 14.8. The van der Waals surface area contributed by atoms with E-state index in [0.29, 0.717) is 10.8 Å². The minimum atomic E-state index is -0.0875. The molecule has 0 aromatic rings. The third-order valence-corrected chi connectivity index (χ3v) is 12.2. The van der Waals surface area contributed by atoms with Gasteiger partial charge in [-0.1, -0.05) is 54.4 Å². The highest BCUT2D eigenvalue weighted by molar-refractivity contribution is 5.66. The van der Waals surface area contributed by atoms with E-state index >= 15 is 0 Å². The van der Waals surface area contributed by atoms with Gasteiger partial charge in [0.1, 0.15) is 6.10 Å². The van der Waals surface area contributed by atoms with Crippen molar-refractivity contribution < 1.29 is 9.53 Å². The quantitative estimate of drug-likeness (QED) is 0.357. The molecule has 4 aliphatic rings. The smallest absolute Gasteiger partial charge is 0.302 e. The predicted molar refractivity (Wildman–Crippen MR) is 138 cm³/mol. The van der Waals surface area contributed by atoms with Crippen molar-refractivity contribution in [2.24, 2.45) is 58.2 Å². The second-order valence-electron chi connectivity index (χ2n) is 13.9. The second kappa shape index (κ2) is 9.85. The molecule has 0 N–H and O–H groups in total. The predicted octanol–water partition coefficient (Wildman–Crippen LogP) is 8.68. The molecule has 0 radical (unpaired) electrons. The van der Waals surface area contributed by atoms with Crippen LogP contribution in [0, 0.1) is 58.2 Å². The lowest BCUT2D eigenvalue weighted by Gasteiger charge is -2.61. The van der Waals surface area contributed by atoms with Gasteiger partial charge in [-0.05, 0) is 122 Å². The summed E-state index contributed by atoms with van der Waals surface area (Å²) in [6.45, 7) is 16.8. The Morgan fingerprint density at radius 1 is 0.909 bits per heavy atom. The molecule has 4 rings (SSSR count). The van der Waals surface area contributed by atoms with Gasteiger partial charge in [-0.15, -0.1) is 0 Å². The van der Waals surface area contributed by atoms with Gasteiger partial charge in [0.05, 0.1) is 0 Å². The molecular weight excluding hydrogens is 404 g/mol. The van der Waals surface area contributed by atoms with Crippen LogP contribution in [0.5, 0.6) is 0 Å². The van der Waals surface area contributed by atoms with Crippen molar-refractivity contribution in [2.45, 2.75) is 132 Å². The van der Waals surface area contributed by atoms with Crippen molar-refractivity contribution in [1.82, 2.24) is 0 Å². The van der Waals surface area contributed by atoms with Crippen molar-refractivity contribution in [3.8, 4) is 0 Å². The van der Waals surface area contributed by atoms with Crippen LogP contribution in [-0.2, 0) is 9.53 Å². The summed E-state index contributed by atoms with van der Waals surface area (Å²) in [6.07, 6.45) is 16.6. The molecule has 0 aromatic heterocycles. The summed E-state index contributed by atoms with van der Waals surface area (Å²) in [5, 5.41) is 0. The van der Waals surface area contributed by atoms with Crippen molar-refractivity contribution in [3.63, 3.8) is 0 Å². The normalized spacial score (nSPS) is 44.5. The first-order valence-corrected chi connectivity index (χ1v) is 14.8. The fourth-order valence-electron chi connectivity index (χ4n) is 10.2. The number of fused-ring (bicyclic) bond motifs is 5. The summed E-state index contributed by atoms with van der Waals surface area (Å²) in [4.78, 5) is 11.5. The molecule has 0 aliphatic heterocycles. The molecule has 2 heteroatoms. The lowest BCUT2D eigenvalue weighted by molar-refractivity contribution is -0.160. The Balaban J connectivity index is 1.42. The van der Waals surface area contributed by atoms with Crippen LogP contribution in [0.25, 0.3) is 0 Å². The summed E-state index contributed by atoms with van der Waals surface area (Å²) in [5.41, 5.74) is 1.06. The molecule has 0 amide bonds. The summed E-state index contributed by atoms with van der Waals surface area (Å²) in [6, 6.07) is 0. The molecule has 4 fully saturated rings. The SMILES string of the molecule is CC[C@H](CC[C@@H](C)[C@H]1CC[C@H]2[C@@H]3CC[C@H]4C[C@@H](OC(C)=O)CC[C@]4(C)[C@@H]3CC[C@]12C)C(C)C. The number of hydrogen-bond acceptors (Lipinski definition) is 2. The van der Waals surface area contributed by atoms with Crippen LogP contribution in [0.3, 0.4) is 0 Å². The van der Waals surface area contributed by atoms with Gasteiger partial charge in [-0.2, -0.15) is 0 Å². The summed E-state index contributed by atoms with van der Waals surface area (Å²) >= 11 is 0. The number of carbonyl (C=O) groups is 1. The van der Waals surface area contributed by atoms with Gasteiger partial charge in [0.15, 0.2) is 0 Å². The van der Waals surface area contributed by atoms with Crippen LogP contribution < -0.4 is 0 Å². The van der Waals surface area contributed by atoms with Crippen LogP contribution in [0.15, 0.2) is 0 Å². The number of ether oxygens (including phenoxy) is 1. The van der Waals surface area contributed by atoms with Crippen LogP contribution in [0.1, 0.15) is 126 Å². The van der Waals surface area contributed by atoms with E-state index in [1.807, 2.05) is 0 Å². The topological polar surface area (TPSA) is 26.3 Å². The van der Waals surface area contributed by atoms with Gasteiger partial charge in [0.25, 0.3) is 0 Å². The standard InChI is InChI=1S/C31H54O2/c1-8-23(20(2)3)10-9-21(4)27-13-14-28-26-12-11-24-19-25(33-22(5)32)15-17-30(24,6)29(26)16-18-31(27,28)7/h20-21,23-29H,8-19H2,1-7H3/t21-,23-,24+,25+,26+,27-,28+,29-,30+,31-/m1/s1. The Morgan fingerprint density at radius 2 is 1.61 bits per heavy atom. The van der Waals surface area contributed by atoms with E-state index in [2.05, 4.69) is 41.5 Å². The zero-order chi connectivity index (χ0) is 24.0. The third-order valence-electron chi connectivity index (χ3n) is 12.2. The highest BCUT2D eigenvalue weighted by Gasteiger charge is 2.60. The van der Waals surface area contributed by atoms with Crippen LogP contribution in [0.4, 0.5) is 0 Å². The van der Waals surface area contributed by atoms with Crippen LogP contribution >= 0.6 is 0 Å². The van der Waals surface area contributed by atoms with Crippen LogP contribution in [0.2, 0.25) is 0 Å². The lowest BCUT2D eigenvalue weighted by Crippen LogP contribution is -2.54. The van der Waals surface area contributed by atoms with Crippen molar-refractivity contribution in [1.29, 1.82) is 0 Å². The Bertz CT molecular complexity index is 684. The van der Waals surface area contributed by atoms with Gasteiger partial charge < -0.3 is 4.74 Å². The fraction of sp³-hybridized carbons (Fsp3) is 0.968. The number of carbonyl (C=O) groups excluding carboxylic acids is 1. The highest BCUT2D eigenvalue weighted by Crippen LogP contribution is 2.68. The largest absolute Gasteiger partial charge is 0.463 e. The third kappa shape index (κ3) is 4.67. The molecule has 0 spiro atoms. The molecule has 0 unspecified atom stereocenters. The molecular formula is C31H54O2. The average Bonchev–Trinajstić information content (AvgIpc) is 3.11. The van der Waals surface area contributed by atoms with Gasteiger partial charge in [-0.25, -0.2) is 0 Å². The van der Waals surface area contributed by atoms with Crippen molar-refractivity contribution >= 4 is 5.97 Å². The molecule has 0 saturated heterocycles. The van der Waals surface area contributed by atoms with E-state index in [1.165, 1.54) is 64.2 Å². The van der Waals surface area contributed by atoms with Gasteiger partial charge in [-0.3, -0.25) is 4.79 Å². The summed E-state index contributed by atoms with van der Waals surface area (Å²) in [5.74, 6) is 7.06. The maximum absolute atomic E-state index is 11.5. The number of esters is 1. The number of hydrogen-bond donors (Lipinski definition) is 0. The molecule has 10 atom stereocenters. The Hall–Kier alpha value is -0.530.